The van der Waals surface area contributed by atoms with Crippen molar-refractivity contribution >= 4 is 16.1 Å². The summed E-state index contributed by atoms with van der Waals surface area (Å²) in [4.78, 5) is 12.0. The highest BCUT2D eigenvalue weighted by Gasteiger charge is 2.11. The van der Waals surface area contributed by atoms with E-state index in [1.807, 2.05) is 6.92 Å². The molecule has 2 amide bonds. The highest BCUT2D eigenvalue weighted by atomic mass is 32.2. The van der Waals surface area contributed by atoms with Gasteiger partial charge in [0.25, 0.3) is 10.1 Å². The van der Waals surface area contributed by atoms with Crippen molar-refractivity contribution in [1.29, 1.82) is 0 Å². The first-order valence-electron chi connectivity index (χ1n) is 6.10. The number of piperazine rings is 1. The molecule has 1 aliphatic heterocycles. The molecule has 1 heterocycles. The summed E-state index contributed by atoms with van der Waals surface area (Å²) in [5.74, 6) is 0. The number of amides is 2. The van der Waals surface area contributed by atoms with E-state index < -0.39 is 10.1 Å². The van der Waals surface area contributed by atoms with Crippen molar-refractivity contribution in [3.05, 3.63) is 29.8 Å². The first-order chi connectivity index (χ1) is 9.30. The lowest BCUT2D eigenvalue weighted by molar-refractivity contribution is 0.200. The van der Waals surface area contributed by atoms with Gasteiger partial charge < -0.3 is 16.0 Å². The molecule has 8 heteroatoms. The van der Waals surface area contributed by atoms with Crippen LogP contribution in [-0.4, -0.2) is 50.1 Å². The molecule has 0 saturated carbocycles. The van der Waals surface area contributed by atoms with Gasteiger partial charge in [0, 0.05) is 26.2 Å². The molecule has 0 atom stereocenters. The predicted molar refractivity (Wildman–Crippen MR) is 75.0 cm³/mol. The summed E-state index contributed by atoms with van der Waals surface area (Å²) >= 11 is 0. The average molecular weight is 301 g/mol. The minimum absolute atomic E-state index is 0.0666. The van der Waals surface area contributed by atoms with Gasteiger partial charge in [0.05, 0.1) is 4.90 Å². The highest BCUT2D eigenvalue weighted by Crippen LogP contribution is 2.08. The molecular formula is C12H19N3O4S. The molecule has 1 aromatic carbocycles. The van der Waals surface area contributed by atoms with Crippen LogP contribution >= 0.6 is 0 Å². The Kier molecular flexibility index (Phi) is 5.93. The third kappa shape index (κ3) is 5.55. The second kappa shape index (κ2) is 7.22. The Balaban J connectivity index is 0.000000204. The summed E-state index contributed by atoms with van der Waals surface area (Å²) in [5, 5.41) is 3.12. The minimum atomic E-state index is -4.02. The quantitative estimate of drug-likeness (QED) is 0.642. The number of carbonyl (C=O) groups is 1. The number of rotatable bonds is 1. The van der Waals surface area contributed by atoms with Gasteiger partial charge in [0.15, 0.2) is 0 Å². The smallest absolute Gasteiger partial charge is 0.314 e. The van der Waals surface area contributed by atoms with Crippen LogP contribution in [0.25, 0.3) is 0 Å². The van der Waals surface area contributed by atoms with Crippen LogP contribution in [-0.2, 0) is 10.1 Å². The summed E-state index contributed by atoms with van der Waals surface area (Å²) in [6, 6.07) is 5.68. The van der Waals surface area contributed by atoms with E-state index >= 15 is 0 Å². The van der Waals surface area contributed by atoms with Crippen LogP contribution in [0.5, 0.6) is 0 Å². The number of nitrogens with two attached hydrogens (primary N) is 1. The first-order valence-corrected chi connectivity index (χ1v) is 7.54. The summed E-state index contributed by atoms with van der Waals surface area (Å²) in [5.41, 5.74) is 5.98. The second-order valence-corrected chi connectivity index (χ2v) is 5.78. The van der Waals surface area contributed by atoms with E-state index in [1.54, 1.807) is 17.0 Å². The Morgan fingerprint density at radius 2 is 1.75 bits per heavy atom. The number of hydrogen-bond donors (Lipinski definition) is 3. The van der Waals surface area contributed by atoms with Crippen molar-refractivity contribution in [2.45, 2.75) is 11.8 Å². The van der Waals surface area contributed by atoms with Crippen molar-refractivity contribution in [2.24, 2.45) is 5.73 Å². The molecule has 0 unspecified atom stereocenters. The van der Waals surface area contributed by atoms with Gasteiger partial charge in [-0.1, -0.05) is 17.7 Å². The van der Waals surface area contributed by atoms with Crippen LogP contribution in [0.2, 0.25) is 0 Å². The third-order valence-corrected chi connectivity index (χ3v) is 3.62. The maximum Gasteiger partial charge on any atom is 0.314 e. The van der Waals surface area contributed by atoms with Crippen LogP contribution < -0.4 is 11.1 Å². The molecule has 0 bridgehead atoms. The monoisotopic (exact) mass is 301 g/mol. The number of primary amides is 1. The molecule has 0 aromatic heterocycles. The molecule has 0 aliphatic carbocycles. The summed E-state index contributed by atoms with van der Waals surface area (Å²) < 4.78 is 29.6. The molecule has 0 spiro atoms. The van der Waals surface area contributed by atoms with E-state index in [2.05, 4.69) is 5.32 Å². The Morgan fingerprint density at radius 3 is 2.10 bits per heavy atom. The molecule has 20 heavy (non-hydrogen) atoms. The van der Waals surface area contributed by atoms with Gasteiger partial charge in [-0.15, -0.1) is 0 Å². The fraction of sp³-hybridized carbons (Fsp3) is 0.417. The van der Waals surface area contributed by atoms with Crippen LogP contribution in [0, 0.1) is 6.92 Å². The van der Waals surface area contributed by atoms with Crippen LogP contribution in [0.3, 0.4) is 0 Å². The topological polar surface area (TPSA) is 113 Å². The van der Waals surface area contributed by atoms with Crippen LogP contribution in [0.15, 0.2) is 29.2 Å². The van der Waals surface area contributed by atoms with Gasteiger partial charge in [0.2, 0.25) is 0 Å². The number of benzene rings is 1. The molecule has 1 saturated heterocycles. The van der Waals surface area contributed by atoms with Gasteiger partial charge in [-0.2, -0.15) is 8.42 Å². The third-order valence-electron chi connectivity index (χ3n) is 2.75. The van der Waals surface area contributed by atoms with Gasteiger partial charge in [-0.25, -0.2) is 4.79 Å². The Bertz CT molecular complexity index is 536. The molecule has 1 aliphatic rings. The van der Waals surface area contributed by atoms with Crippen molar-refractivity contribution in [3.63, 3.8) is 0 Å². The van der Waals surface area contributed by atoms with Gasteiger partial charge >= 0.3 is 6.03 Å². The second-order valence-electron chi connectivity index (χ2n) is 4.36. The first kappa shape index (κ1) is 16.4. The number of nitrogens with zero attached hydrogens (tertiary/aromatic N) is 1. The molecule has 2 rings (SSSR count). The zero-order valence-corrected chi connectivity index (χ0v) is 12.1. The fourth-order valence-corrected chi connectivity index (χ4v) is 2.08. The molecule has 7 nitrogen and oxygen atoms in total. The van der Waals surface area contributed by atoms with Crippen molar-refractivity contribution in [2.75, 3.05) is 26.2 Å². The van der Waals surface area contributed by atoms with Crippen LogP contribution in [0.4, 0.5) is 4.79 Å². The molecule has 112 valence electrons. The van der Waals surface area contributed by atoms with E-state index in [0.717, 1.165) is 31.7 Å². The molecule has 0 radical (unpaired) electrons. The molecular weight excluding hydrogens is 282 g/mol. The maximum absolute atomic E-state index is 10.5. The zero-order valence-electron chi connectivity index (χ0n) is 11.2. The maximum atomic E-state index is 10.5. The standard InChI is InChI=1S/C7H8O3S.C5H11N3O/c1-6-2-4-7(5-3-6)11(8,9)10;6-5(9)8-3-1-7-2-4-8/h2-5H,1H3,(H,8,9,10);7H,1-4H2,(H2,6,9). The van der Waals surface area contributed by atoms with Crippen molar-refractivity contribution in [1.82, 2.24) is 10.2 Å². The van der Waals surface area contributed by atoms with E-state index in [1.165, 1.54) is 12.1 Å². The van der Waals surface area contributed by atoms with Crippen molar-refractivity contribution in [3.8, 4) is 0 Å². The Labute approximate surface area is 118 Å². The SMILES string of the molecule is Cc1ccc(S(=O)(=O)O)cc1.NC(=O)N1CCNCC1. The lowest BCUT2D eigenvalue weighted by Crippen LogP contribution is -2.48. The largest absolute Gasteiger partial charge is 0.351 e. The van der Waals surface area contributed by atoms with E-state index in [-0.39, 0.29) is 10.9 Å². The van der Waals surface area contributed by atoms with E-state index in [4.69, 9.17) is 10.3 Å². The predicted octanol–water partition coefficient (Wildman–Crippen LogP) is 0.212. The fourth-order valence-electron chi connectivity index (χ4n) is 1.60. The highest BCUT2D eigenvalue weighted by molar-refractivity contribution is 7.85. The number of aryl methyl sites for hydroxylation is 1. The number of urea groups is 1. The Morgan fingerprint density at radius 1 is 1.25 bits per heavy atom. The average Bonchev–Trinajstić information content (AvgIpc) is 2.40. The molecule has 4 N–H and O–H groups in total. The molecule has 1 fully saturated rings. The number of carbonyl (C=O) groups excluding carboxylic acids is 1. The van der Waals surface area contributed by atoms with Gasteiger partial charge in [-0.3, -0.25) is 4.55 Å². The van der Waals surface area contributed by atoms with E-state index in [0.29, 0.717) is 0 Å². The zero-order chi connectivity index (χ0) is 15.2. The van der Waals surface area contributed by atoms with Gasteiger partial charge in [0.1, 0.15) is 0 Å². The Hall–Kier alpha value is -1.64. The number of nitrogens with one attached hydrogen (secondary N) is 1. The van der Waals surface area contributed by atoms with E-state index in [9.17, 15) is 13.2 Å². The van der Waals surface area contributed by atoms with Crippen molar-refractivity contribution < 1.29 is 17.8 Å². The summed E-state index contributed by atoms with van der Waals surface area (Å²) in [6.07, 6.45) is 0. The molecule has 1 aromatic rings. The lowest BCUT2D eigenvalue weighted by atomic mass is 10.2. The lowest BCUT2D eigenvalue weighted by Gasteiger charge is -2.25. The summed E-state index contributed by atoms with van der Waals surface area (Å²) in [7, 11) is -4.02. The van der Waals surface area contributed by atoms with Gasteiger partial charge in [-0.05, 0) is 19.1 Å². The number of hydrogen-bond acceptors (Lipinski definition) is 4. The van der Waals surface area contributed by atoms with Crippen LogP contribution in [0.1, 0.15) is 5.56 Å². The summed E-state index contributed by atoms with van der Waals surface area (Å²) in [6.45, 7) is 5.06. The minimum Gasteiger partial charge on any atom is -0.351 e. The normalized spacial score (nSPS) is 15.2.